The second kappa shape index (κ2) is 12.1. The van der Waals surface area contributed by atoms with Crippen LogP contribution >= 0.6 is 0 Å². The van der Waals surface area contributed by atoms with Gasteiger partial charge in [-0.1, -0.05) is 25.1 Å². The topological polar surface area (TPSA) is 86.5 Å². The molecule has 41 heavy (non-hydrogen) atoms. The lowest BCUT2D eigenvalue weighted by Gasteiger charge is -2.40. The number of β-amino-alcohol motifs (C(OH)–C–C–N with tert-alkyl or cyclic N) is 1. The van der Waals surface area contributed by atoms with E-state index in [1.54, 1.807) is 24.3 Å². The number of amides is 1. The third-order valence-electron chi connectivity index (χ3n) is 7.35. The Balaban J connectivity index is 1.23. The minimum absolute atomic E-state index is 0.0400. The van der Waals surface area contributed by atoms with Crippen molar-refractivity contribution in [3.8, 4) is 0 Å². The number of aromatic nitrogens is 3. The number of piperazine rings is 1. The fourth-order valence-corrected chi connectivity index (χ4v) is 5.12. The summed E-state index contributed by atoms with van der Waals surface area (Å²) >= 11 is 0. The number of nitrogens with one attached hydrogen (secondary N) is 1. The standard InChI is InChI=1S/C30H31F3N6O2/c1-2-21-3-5-22(6-4-21)29(40)36-24-8-10-28(27(33)16-24)38-13-11-37(12-14-38)17-30(41,18-39-20-34-19-35-39)25-9-7-23(31)15-26(25)32/h3-10,15-16,19-20,41H,2,11-14,17-18H2,1H3,(H,36,40). The molecule has 11 heteroatoms. The molecule has 1 unspecified atom stereocenters. The molecular weight excluding hydrogens is 533 g/mol. The highest BCUT2D eigenvalue weighted by Gasteiger charge is 2.36. The zero-order valence-corrected chi connectivity index (χ0v) is 22.6. The molecular formula is C30H31F3N6O2. The quantitative estimate of drug-likeness (QED) is 0.317. The fourth-order valence-electron chi connectivity index (χ4n) is 5.12. The van der Waals surface area contributed by atoms with E-state index in [2.05, 4.69) is 15.4 Å². The van der Waals surface area contributed by atoms with Gasteiger partial charge < -0.3 is 15.3 Å². The van der Waals surface area contributed by atoms with E-state index in [-0.39, 0.29) is 24.6 Å². The van der Waals surface area contributed by atoms with Gasteiger partial charge in [0.15, 0.2) is 0 Å². The number of anilines is 2. The van der Waals surface area contributed by atoms with Gasteiger partial charge in [-0.15, -0.1) is 0 Å². The molecule has 3 aromatic carbocycles. The lowest BCUT2D eigenvalue weighted by molar-refractivity contribution is -0.0227. The molecule has 1 saturated heterocycles. The van der Waals surface area contributed by atoms with Gasteiger partial charge in [-0.3, -0.25) is 9.69 Å². The average molecular weight is 565 g/mol. The summed E-state index contributed by atoms with van der Waals surface area (Å²) in [7, 11) is 0. The number of benzene rings is 3. The summed E-state index contributed by atoms with van der Waals surface area (Å²) < 4.78 is 44.9. The van der Waals surface area contributed by atoms with Gasteiger partial charge in [-0.25, -0.2) is 22.8 Å². The van der Waals surface area contributed by atoms with Gasteiger partial charge in [0.25, 0.3) is 5.91 Å². The Morgan fingerprint density at radius 3 is 2.34 bits per heavy atom. The Morgan fingerprint density at radius 2 is 1.71 bits per heavy atom. The number of aliphatic hydroxyl groups is 1. The molecule has 1 amide bonds. The van der Waals surface area contributed by atoms with E-state index < -0.39 is 23.1 Å². The monoisotopic (exact) mass is 564 g/mol. The van der Waals surface area contributed by atoms with Crippen molar-refractivity contribution in [3.05, 3.63) is 107 Å². The van der Waals surface area contributed by atoms with E-state index >= 15 is 4.39 Å². The van der Waals surface area contributed by atoms with Crippen LogP contribution in [0.1, 0.15) is 28.4 Å². The normalized spacial score (nSPS) is 15.5. The van der Waals surface area contributed by atoms with Crippen molar-refractivity contribution in [3.63, 3.8) is 0 Å². The van der Waals surface area contributed by atoms with Crippen LogP contribution in [0.5, 0.6) is 0 Å². The number of nitrogens with zero attached hydrogens (tertiary/aromatic N) is 5. The van der Waals surface area contributed by atoms with Gasteiger partial charge in [-0.2, -0.15) is 5.10 Å². The molecule has 0 spiro atoms. The third-order valence-corrected chi connectivity index (χ3v) is 7.35. The van der Waals surface area contributed by atoms with Crippen molar-refractivity contribution < 1.29 is 23.1 Å². The average Bonchev–Trinajstić information content (AvgIpc) is 3.46. The maximum atomic E-state index is 15.1. The van der Waals surface area contributed by atoms with Crippen LogP contribution in [0.15, 0.2) is 73.3 Å². The Hall–Kier alpha value is -4.22. The van der Waals surface area contributed by atoms with Crippen LogP contribution in [0.2, 0.25) is 0 Å². The first kappa shape index (κ1) is 28.3. The highest BCUT2D eigenvalue weighted by atomic mass is 19.1. The Labute approximate surface area is 236 Å². The molecule has 0 aliphatic carbocycles. The first-order chi connectivity index (χ1) is 19.7. The van der Waals surface area contributed by atoms with Crippen LogP contribution in [0.3, 0.4) is 0 Å². The molecule has 214 valence electrons. The first-order valence-corrected chi connectivity index (χ1v) is 13.4. The van der Waals surface area contributed by atoms with Gasteiger partial charge in [0, 0.05) is 55.6 Å². The maximum Gasteiger partial charge on any atom is 0.255 e. The highest BCUT2D eigenvalue weighted by Crippen LogP contribution is 2.29. The van der Waals surface area contributed by atoms with Crippen molar-refractivity contribution in [1.82, 2.24) is 19.7 Å². The van der Waals surface area contributed by atoms with Gasteiger partial charge in [0.05, 0.1) is 12.2 Å². The molecule has 5 rings (SSSR count). The van der Waals surface area contributed by atoms with Crippen LogP contribution in [-0.4, -0.2) is 63.4 Å². The predicted molar refractivity (Wildman–Crippen MR) is 149 cm³/mol. The number of halogens is 3. The second-order valence-electron chi connectivity index (χ2n) is 10.2. The van der Waals surface area contributed by atoms with E-state index in [9.17, 15) is 18.7 Å². The van der Waals surface area contributed by atoms with Gasteiger partial charge in [-0.05, 0) is 48.4 Å². The fraction of sp³-hybridized carbons (Fsp3) is 0.300. The van der Waals surface area contributed by atoms with Crippen LogP contribution in [0.25, 0.3) is 0 Å². The van der Waals surface area contributed by atoms with Crippen LogP contribution in [-0.2, 0) is 18.6 Å². The number of rotatable bonds is 9. The molecule has 1 aromatic heterocycles. The molecule has 0 radical (unpaired) electrons. The molecule has 2 N–H and O–H groups in total. The minimum Gasteiger partial charge on any atom is -0.382 e. The van der Waals surface area contributed by atoms with Gasteiger partial charge >= 0.3 is 0 Å². The van der Waals surface area contributed by atoms with Gasteiger partial charge in [0.1, 0.15) is 35.7 Å². The minimum atomic E-state index is -1.71. The van der Waals surface area contributed by atoms with E-state index in [1.807, 2.05) is 28.9 Å². The number of hydrogen-bond acceptors (Lipinski definition) is 6. The smallest absolute Gasteiger partial charge is 0.255 e. The highest BCUT2D eigenvalue weighted by molar-refractivity contribution is 6.04. The van der Waals surface area contributed by atoms with Crippen molar-refractivity contribution in [1.29, 1.82) is 0 Å². The van der Waals surface area contributed by atoms with Crippen LogP contribution in [0, 0.1) is 17.5 Å². The van der Waals surface area contributed by atoms with E-state index in [4.69, 9.17) is 0 Å². The molecule has 8 nitrogen and oxygen atoms in total. The molecule has 1 fully saturated rings. The van der Waals surface area contributed by atoms with E-state index in [1.165, 1.54) is 29.5 Å². The largest absolute Gasteiger partial charge is 0.382 e. The summed E-state index contributed by atoms with van der Waals surface area (Å²) in [5.41, 5.74) is 0.620. The zero-order valence-electron chi connectivity index (χ0n) is 22.6. The Kier molecular flexibility index (Phi) is 8.36. The maximum absolute atomic E-state index is 15.1. The molecule has 1 atom stereocenters. The zero-order chi connectivity index (χ0) is 29.0. The van der Waals surface area contributed by atoms with Crippen molar-refractivity contribution in [2.45, 2.75) is 25.5 Å². The summed E-state index contributed by atoms with van der Waals surface area (Å²) in [6.07, 6.45) is 3.61. The second-order valence-corrected chi connectivity index (χ2v) is 10.2. The van der Waals surface area contributed by atoms with E-state index in [0.717, 1.165) is 24.1 Å². The molecule has 1 aliphatic rings. The van der Waals surface area contributed by atoms with Gasteiger partial charge in [0.2, 0.25) is 0 Å². The predicted octanol–water partition coefficient (Wildman–Crippen LogP) is 4.22. The van der Waals surface area contributed by atoms with Crippen LogP contribution in [0.4, 0.5) is 24.5 Å². The lowest BCUT2D eigenvalue weighted by Crippen LogP contribution is -2.52. The summed E-state index contributed by atoms with van der Waals surface area (Å²) in [5.74, 6) is -2.36. The third kappa shape index (κ3) is 6.58. The molecule has 2 heterocycles. The number of aryl methyl sites for hydroxylation is 1. The number of carbonyl (C=O) groups excluding carboxylic acids is 1. The molecule has 0 saturated carbocycles. The first-order valence-electron chi connectivity index (χ1n) is 13.4. The van der Waals surface area contributed by atoms with Crippen molar-refractivity contribution in [2.24, 2.45) is 0 Å². The molecule has 1 aliphatic heterocycles. The number of hydrogen-bond donors (Lipinski definition) is 2. The van der Waals surface area contributed by atoms with Crippen LogP contribution < -0.4 is 10.2 Å². The molecule has 0 bridgehead atoms. The van der Waals surface area contributed by atoms with Crippen molar-refractivity contribution >= 4 is 17.3 Å². The summed E-state index contributed by atoms with van der Waals surface area (Å²) in [5, 5.41) is 18.4. The van der Waals surface area contributed by atoms with E-state index in [0.29, 0.717) is 43.1 Å². The number of carbonyl (C=O) groups is 1. The SMILES string of the molecule is CCc1ccc(C(=O)Nc2ccc(N3CCN(CC(O)(Cn4cncn4)c4ccc(F)cc4F)CC3)c(F)c2)cc1. The Morgan fingerprint density at radius 1 is 0.951 bits per heavy atom. The summed E-state index contributed by atoms with van der Waals surface area (Å²) in [4.78, 5) is 20.3. The summed E-state index contributed by atoms with van der Waals surface area (Å²) in [6.45, 7) is 3.85. The molecule has 4 aromatic rings. The lowest BCUT2D eigenvalue weighted by atomic mass is 9.92. The summed E-state index contributed by atoms with van der Waals surface area (Å²) in [6, 6.07) is 15.0. The van der Waals surface area contributed by atoms with Crippen molar-refractivity contribution in [2.75, 3.05) is 42.9 Å². The Bertz CT molecular complexity index is 1490.